The number of likely N-dealkylation sites (tertiary alicyclic amines) is 1. The zero-order valence-electron chi connectivity index (χ0n) is 13.0. The van der Waals surface area contributed by atoms with Crippen molar-refractivity contribution >= 4 is 0 Å². The molecule has 0 amide bonds. The fourth-order valence-electron chi connectivity index (χ4n) is 3.37. The minimum absolute atomic E-state index is 0.783. The molecule has 0 radical (unpaired) electrons. The first-order chi connectivity index (χ1) is 9.24. The molecule has 0 aromatic carbocycles. The van der Waals surface area contributed by atoms with Crippen molar-refractivity contribution in [2.75, 3.05) is 19.6 Å². The number of allylic oxidation sites excluding steroid dienone is 1. The summed E-state index contributed by atoms with van der Waals surface area (Å²) in [6.07, 6.45) is 13.7. The van der Waals surface area contributed by atoms with Gasteiger partial charge in [0.05, 0.1) is 0 Å². The van der Waals surface area contributed by atoms with Gasteiger partial charge in [0, 0.05) is 18.6 Å². The molecule has 1 heterocycles. The first-order valence-electron chi connectivity index (χ1n) is 8.36. The van der Waals surface area contributed by atoms with E-state index in [1.54, 1.807) is 0 Å². The van der Waals surface area contributed by atoms with Gasteiger partial charge in [-0.05, 0) is 52.6 Å². The van der Waals surface area contributed by atoms with Crippen LogP contribution >= 0.6 is 0 Å². The lowest BCUT2D eigenvalue weighted by molar-refractivity contribution is 0.203. The molecule has 1 saturated carbocycles. The van der Waals surface area contributed by atoms with Gasteiger partial charge in [0.15, 0.2) is 0 Å². The molecule has 2 heteroatoms. The highest BCUT2D eigenvalue weighted by Crippen LogP contribution is 2.19. The molecule has 0 spiro atoms. The van der Waals surface area contributed by atoms with Gasteiger partial charge in [0.1, 0.15) is 0 Å². The van der Waals surface area contributed by atoms with Gasteiger partial charge in [-0.2, -0.15) is 0 Å². The Morgan fingerprint density at radius 1 is 0.947 bits per heavy atom. The summed E-state index contributed by atoms with van der Waals surface area (Å²) in [6, 6.07) is 1.60. The summed E-state index contributed by atoms with van der Waals surface area (Å²) in [6.45, 7) is 8.08. The molecule has 110 valence electrons. The van der Waals surface area contributed by atoms with Gasteiger partial charge in [-0.1, -0.05) is 37.3 Å². The van der Waals surface area contributed by atoms with Gasteiger partial charge < -0.3 is 5.32 Å². The molecule has 0 atom stereocenters. The van der Waals surface area contributed by atoms with E-state index in [9.17, 15) is 0 Å². The van der Waals surface area contributed by atoms with Crippen molar-refractivity contribution in [3.05, 3.63) is 11.6 Å². The van der Waals surface area contributed by atoms with Crippen molar-refractivity contribution < 1.29 is 0 Å². The third-order valence-electron chi connectivity index (χ3n) is 4.67. The van der Waals surface area contributed by atoms with Gasteiger partial charge in [0.2, 0.25) is 0 Å². The van der Waals surface area contributed by atoms with Crippen LogP contribution in [0.15, 0.2) is 11.6 Å². The van der Waals surface area contributed by atoms with Crippen LogP contribution in [0.1, 0.15) is 65.2 Å². The van der Waals surface area contributed by atoms with Crippen LogP contribution in [-0.2, 0) is 0 Å². The maximum absolute atomic E-state index is 3.94. The molecule has 0 aromatic rings. The molecular weight excluding hydrogens is 232 g/mol. The van der Waals surface area contributed by atoms with Crippen molar-refractivity contribution in [2.45, 2.75) is 77.3 Å². The van der Waals surface area contributed by atoms with E-state index in [4.69, 9.17) is 0 Å². The van der Waals surface area contributed by atoms with E-state index in [1.165, 1.54) is 70.0 Å². The quantitative estimate of drug-likeness (QED) is 0.615. The second-order valence-corrected chi connectivity index (χ2v) is 6.71. The molecule has 2 fully saturated rings. The second kappa shape index (κ2) is 8.06. The highest BCUT2D eigenvalue weighted by molar-refractivity contribution is 4.95. The van der Waals surface area contributed by atoms with Crippen LogP contribution in [0, 0.1) is 0 Å². The number of hydrogen-bond acceptors (Lipinski definition) is 2. The number of piperidine rings is 1. The molecule has 2 nitrogen and oxygen atoms in total. The van der Waals surface area contributed by atoms with E-state index >= 15 is 0 Å². The van der Waals surface area contributed by atoms with Gasteiger partial charge in [-0.15, -0.1) is 0 Å². The topological polar surface area (TPSA) is 15.3 Å². The largest absolute Gasteiger partial charge is 0.311 e. The van der Waals surface area contributed by atoms with E-state index in [0.29, 0.717) is 0 Å². The van der Waals surface area contributed by atoms with Gasteiger partial charge in [-0.3, -0.25) is 4.90 Å². The Labute approximate surface area is 119 Å². The highest BCUT2D eigenvalue weighted by atomic mass is 15.1. The molecule has 2 rings (SSSR count). The zero-order chi connectivity index (χ0) is 13.5. The Hall–Kier alpha value is -0.340. The van der Waals surface area contributed by atoms with Crippen molar-refractivity contribution in [3.63, 3.8) is 0 Å². The van der Waals surface area contributed by atoms with Gasteiger partial charge in [0.25, 0.3) is 0 Å². The lowest BCUT2D eigenvalue weighted by atomic mass is 10.0. The van der Waals surface area contributed by atoms with Gasteiger partial charge >= 0.3 is 0 Å². The van der Waals surface area contributed by atoms with Crippen LogP contribution in [0.2, 0.25) is 0 Å². The molecule has 0 aromatic heterocycles. The molecular formula is C17H32N2. The normalized spacial score (nSPS) is 24.1. The summed E-state index contributed by atoms with van der Waals surface area (Å²) in [5, 5.41) is 3.94. The van der Waals surface area contributed by atoms with Gasteiger partial charge in [-0.25, -0.2) is 0 Å². The summed E-state index contributed by atoms with van der Waals surface area (Å²) >= 11 is 0. The molecule has 0 unspecified atom stereocenters. The summed E-state index contributed by atoms with van der Waals surface area (Å²) in [7, 11) is 0. The Kier molecular flexibility index (Phi) is 6.39. The van der Waals surface area contributed by atoms with Crippen LogP contribution < -0.4 is 5.32 Å². The van der Waals surface area contributed by atoms with E-state index in [0.717, 1.165) is 18.6 Å². The summed E-state index contributed by atoms with van der Waals surface area (Å²) in [5.41, 5.74) is 1.44. The lowest BCUT2D eigenvalue weighted by Crippen LogP contribution is -2.46. The zero-order valence-corrected chi connectivity index (χ0v) is 13.0. The molecule has 2 aliphatic rings. The Balaban J connectivity index is 1.66. The maximum Gasteiger partial charge on any atom is 0.0165 e. The fraction of sp³-hybridized carbons (Fsp3) is 0.882. The van der Waals surface area contributed by atoms with Crippen molar-refractivity contribution in [3.8, 4) is 0 Å². The maximum atomic E-state index is 3.94. The standard InChI is InChI=1S/C17H32N2/c1-15(2)9-12-19-13-10-17(11-14-19)18-16-7-5-3-4-6-8-16/h9,16-18H,3-8,10-14H2,1-2H3. The fourth-order valence-corrected chi connectivity index (χ4v) is 3.37. The Bertz CT molecular complexity index is 265. The molecule has 1 aliphatic carbocycles. The van der Waals surface area contributed by atoms with Crippen molar-refractivity contribution in [1.82, 2.24) is 10.2 Å². The number of nitrogens with one attached hydrogen (secondary N) is 1. The van der Waals surface area contributed by atoms with Crippen molar-refractivity contribution in [1.29, 1.82) is 0 Å². The SMILES string of the molecule is CC(C)=CCN1CCC(NC2CCCCCC2)CC1. The molecule has 1 saturated heterocycles. The molecule has 1 N–H and O–H groups in total. The predicted octanol–water partition coefficient (Wildman–Crippen LogP) is 3.73. The Morgan fingerprint density at radius 2 is 1.53 bits per heavy atom. The smallest absolute Gasteiger partial charge is 0.0165 e. The first kappa shape index (κ1) is 15.1. The van der Waals surface area contributed by atoms with Crippen molar-refractivity contribution in [2.24, 2.45) is 0 Å². The minimum Gasteiger partial charge on any atom is -0.311 e. The number of nitrogens with zero attached hydrogens (tertiary/aromatic N) is 1. The van der Waals surface area contributed by atoms with E-state index < -0.39 is 0 Å². The van der Waals surface area contributed by atoms with Crippen LogP contribution in [0.3, 0.4) is 0 Å². The van der Waals surface area contributed by atoms with E-state index in [-0.39, 0.29) is 0 Å². The third-order valence-corrected chi connectivity index (χ3v) is 4.67. The second-order valence-electron chi connectivity index (χ2n) is 6.71. The first-order valence-corrected chi connectivity index (χ1v) is 8.36. The third kappa shape index (κ3) is 5.66. The highest BCUT2D eigenvalue weighted by Gasteiger charge is 2.21. The van der Waals surface area contributed by atoms with Crippen LogP contribution in [-0.4, -0.2) is 36.6 Å². The summed E-state index contributed by atoms with van der Waals surface area (Å²) < 4.78 is 0. The minimum atomic E-state index is 0.783. The molecule has 1 aliphatic heterocycles. The lowest BCUT2D eigenvalue weighted by Gasteiger charge is -2.34. The van der Waals surface area contributed by atoms with Crippen LogP contribution in [0.4, 0.5) is 0 Å². The van der Waals surface area contributed by atoms with E-state index in [2.05, 4.69) is 30.1 Å². The number of hydrogen-bond donors (Lipinski definition) is 1. The summed E-state index contributed by atoms with van der Waals surface area (Å²) in [5.74, 6) is 0. The average molecular weight is 264 g/mol. The Morgan fingerprint density at radius 3 is 2.11 bits per heavy atom. The number of rotatable bonds is 4. The average Bonchev–Trinajstić information content (AvgIpc) is 2.66. The summed E-state index contributed by atoms with van der Waals surface area (Å²) in [4.78, 5) is 2.60. The molecule has 19 heavy (non-hydrogen) atoms. The molecule has 0 bridgehead atoms. The van der Waals surface area contributed by atoms with Crippen LogP contribution in [0.5, 0.6) is 0 Å². The predicted molar refractivity (Wildman–Crippen MR) is 83.5 cm³/mol. The van der Waals surface area contributed by atoms with E-state index in [1.807, 2.05) is 0 Å². The van der Waals surface area contributed by atoms with Crippen LogP contribution in [0.25, 0.3) is 0 Å². The monoisotopic (exact) mass is 264 g/mol.